The van der Waals surface area contributed by atoms with E-state index in [4.69, 9.17) is 5.73 Å². The molecule has 0 bridgehead atoms. The van der Waals surface area contributed by atoms with Crippen molar-refractivity contribution in [2.75, 3.05) is 0 Å². The summed E-state index contributed by atoms with van der Waals surface area (Å²) in [6.45, 7) is 0. The first-order chi connectivity index (χ1) is 6.09. The van der Waals surface area contributed by atoms with E-state index in [9.17, 15) is 13.2 Å². The minimum atomic E-state index is -2.60. The summed E-state index contributed by atoms with van der Waals surface area (Å²) in [6, 6.07) is 0. The lowest BCUT2D eigenvalue weighted by Gasteiger charge is -1.91. The van der Waals surface area contributed by atoms with Crippen molar-refractivity contribution < 1.29 is 13.2 Å². The zero-order valence-corrected chi connectivity index (χ0v) is 7.02. The Hall–Kier alpha value is -1.83. The molecule has 0 aliphatic carbocycles. The summed E-state index contributed by atoms with van der Waals surface area (Å²) in [7, 11) is -2.60. The maximum absolute atomic E-state index is 10.5. The van der Waals surface area contributed by atoms with E-state index < -0.39 is 16.4 Å². The molecule has 0 saturated carbocycles. The second-order valence-electron chi connectivity index (χ2n) is 1.94. The van der Waals surface area contributed by atoms with Crippen LogP contribution in [0.3, 0.4) is 0 Å². The van der Waals surface area contributed by atoms with Gasteiger partial charge in [-0.1, -0.05) is 4.36 Å². The number of hydrogen-bond acceptors (Lipinski definition) is 6. The van der Waals surface area contributed by atoms with Gasteiger partial charge >= 0.3 is 10.5 Å². The molecule has 0 fully saturated rings. The van der Waals surface area contributed by atoms with Gasteiger partial charge in [0, 0.05) is 12.4 Å². The van der Waals surface area contributed by atoms with E-state index in [0.717, 1.165) is 12.4 Å². The van der Waals surface area contributed by atoms with Crippen molar-refractivity contribution in [1.29, 1.82) is 0 Å². The Balaban J connectivity index is 3.07. The molecule has 68 valence electrons. The first-order valence-electron chi connectivity index (χ1n) is 3.02. The smallest absolute Gasteiger partial charge is 0.319 e. The van der Waals surface area contributed by atoms with Gasteiger partial charge in [-0.2, -0.15) is 8.42 Å². The zero-order valence-electron chi connectivity index (χ0n) is 6.21. The van der Waals surface area contributed by atoms with Crippen molar-refractivity contribution in [1.82, 2.24) is 9.97 Å². The number of primary amides is 1. The topological polar surface area (TPSA) is 115 Å². The van der Waals surface area contributed by atoms with Gasteiger partial charge in [-0.05, 0) is 0 Å². The molecule has 1 rings (SSSR count). The van der Waals surface area contributed by atoms with Crippen LogP contribution in [0, 0.1) is 0 Å². The summed E-state index contributed by atoms with van der Waals surface area (Å²) in [5, 5.41) is 0. The number of nitrogens with two attached hydrogens (primary N) is 1. The van der Waals surface area contributed by atoms with Crippen LogP contribution in [0.25, 0.3) is 0 Å². The highest BCUT2D eigenvalue weighted by Gasteiger charge is 2.00. The van der Waals surface area contributed by atoms with Crippen LogP contribution in [0.15, 0.2) is 16.8 Å². The molecule has 0 aliphatic heterocycles. The Kier molecular flexibility index (Phi) is 2.65. The van der Waals surface area contributed by atoms with Gasteiger partial charge in [0.25, 0.3) is 11.9 Å². The van der Waals surface area contributed by atoms with Gasteiger partial charge in [0.15, 0.2) is 0 Å². The molecule has 0 spiro atoms. The Morgan fingerprint density at radius 2 is 1.92 bits per heavy atom. The Morgan fingerprint density at radius 3 is 2.31 bits per heavy atom. The first-order valence-corrected chi connectivity index (χ1v) is 4.06. The number of hydrogen-bond donors (Lipinski definition) is 1. The van der Waals surface area contributed by atoms with Gasteiger partial charge in [0.1, 0.15) is 0 Å². The van der Waals surface area contributed by atoms with Gasteiger partial charge in [0.2, 0.25) is 0 Å². The fourth-order valence-electron chi connectivity index (χ4n) is 0.562. The molecule has 1 aromatic heterocycles. The van der Waals surface area contributed by atoms with Crippen LogP contribution in [0.5, 0.6) is 0 Å². The molecule has 8 heteroatoms. The summed E-state index contributed by atoms with van der Waals surface area (Å²) in [5.74, 6) is -0.923. The molecule has 0 saturated heterocycles. The third kappa shape index (κ3) is 2.60. The van der Waals surface area contributed by atoms with Crippen LogP contribution in [-0.2, 0) is 10.5 Å². The zero-order chi connectivity index (χ0) is 9.84. The van der Waals surface area contributed by atoms with Crippen molar-refractivity contribution in [3.05, 3.63) is 18.0 Å². The van der Waals surface area contributed by atoms with E-state index in [-0.39, 0.29) is 11.5 Å². The van der Waals surface area contributed by atoms with Crippen molar-refractivity contribution in [3.8, 4) is 0 Å². The monoisotopic (exact) mass is 200 g/mol. The number of carbonyl (C=O) groups excluding carboxylic acids is 1. The van der Waals surface area contributed by atoms with Gasteiger partial charge < -0.3 is 5.73 Å². The van der Waals surface area contributed by atoms with Crippen molar-refractivity contribution in [2.24, 2.45) is 10.1 Å². The average Bonchev–Trinajstić information content (AvgIpc) is 2.04. The average molecular weight is 200 g/mol. The molecule has 0 unspecified atom stereocenters. The van der Waals surface area contributed by atoms with Crippen LogP contribution in [0.1, 0.15) is 10.4 Å². The van der Waals surface area contributed by atoms with E-state index >= 15 is 0 Å². The van der Waals surface area contributed by atoms with Gasteiger partial charge in [-0.15, -0.1) is 0 Å². The minimum absolute atomic E-state index is 0.0932. The van der Waals surface area contributed by atoms with Crippen molar-refractivity contribution >= 4 is 22.4 Å². The highest BCUT2D eigenvalue weighted by molar-refractivity contribution is 7.61. The summed E-state index contributed by atoms with van der Waals surface area (Å²) < 4.78 is 23.1. The lowest BCUT2D eigenvalue weighted by Crippen LogP contribution is -2.11. The second-order valence-corrected chi connectivity index (χ2v) is 2.56. The molecule has 1 aromatic rings. The summed E-state index contributed by atoms with van der Waals surface area (Å²) in [4.78, 5) is 17.5. The molecule has 1 amide bonds. The van der Waals surface area contributed by atoms with Crippen molar-refractivity contribution in [2.45, 2.75) is 0 Å². The third-order valence-corrected chi connectivity index (χ3v) is 1.39. The van der Waals surface area contributed by atoms with E-state index in [1.807, 2.05) is 0 Å². The van der Waals surface area contributed by atoms with Gasteiger partial charge in [0.05, 0.1) is 5.56 Å². The standard InChI is InChI=1S/C5H4N4O3S/c6-4(10)3-1-7-5(8-2-3)9-13(11)12/h1-2H,(H2,6,10). The predicted molar refractivity (Wildman–Crippen MR) is 41.6 cm³/mol. The predicted octanol–water partition coefficient (Wildman–Crippen LogP) is -0.730. The molecule has 0 radical (unpaired) electrons. The Bertz CT molecular complexity index is 441. The highest BCUT2D eigenvalue weighted by Crippen LogP contribution is 2.01. The lowest BCUT2D eigenvalue weighted by molar-refractivity contribution is 0.0999. The van der Waals surface area contributed by atoms with Crippen LogP contribution < -0.4 is 5.73 Å². The molecule has 1 heterocycles. The molecule has 2 N–H and O–H groups in total. The van der Waals surface area contributed by atoms with E-state index in [1.165, 1.54) is 0 Å². The number of amides is 1. The fraction of sp³-hybridized carbons (Fsp3) is 0. The van der Waals surface area contributed by atoms with Crippen LogP contribution in [0.4, 0.5) is 5.95 Å². The highest BCUT2D eigenvalue weighted by atomic mass is 32.2. The molecule has 13 heavy (non-hydrogen) atoms. The molecular formula is C5H4N4O3S. The number of carbonyl (C=O) groups is 1. The first kappa shape index (κ1) is 9.26. The van der Waals surface area contributed by atoms with E-state index in [1.54, 1.807) is 0 Å². The number of nitrogens with zero attached hydrogens (tertiary/aromatic N) is 3. The third-order valence-electron chi connectivity index (χ3n) is 1.08. The van der Waals surface area contributed by atoms with E-state index in [0.29, 0.717) is 0 Å². The van der Waals surface area contributed by atoms with Crippen LogP contribution in [0.2, 0.25) is 0 Å². The summed E-state index contributed by atoms with van der Waals surface area (Å²) in [6.07, 6.45) is 2.20. The van der Waals surface area contributed by atoms with Gasteiger partial charge in [-0.3, -0.25) is 4.79 Å². The molecule has 0 aromatic carbocycles. The maximum Gasteiger partial charge on any atom is 0.319 e. The van der Waals surface area contributed by atoms with Crippen LogP contribution >= 0.6 is 0 Å². The number of rotatable bonds is 2. The maximum atomic E-state index is 10.5. The number of aromatic nitrogens is 2. The molecule has 7 nitrogen and oxygen atoms in total. The Labute approximate surface area is 74.3 Å². The SMILES string of the molecule is NC(=O)c1cnc(N=S(=O)=O)nc1. The Morgan fingerprint density at radius 1 is 1.38 bits per heavy atom. The summed E-state index contributed by atoms with van der Waals surface area (Å²) >= 11 is 0. The summed E-state index contributed by atoms with van der Waals surface area (Å²) in [5.41, 5.74) is 4.99. The molecule has 0 aliphatic rings. The minimum Gasteiger partial charge on any atom is -0.366 e. The van der Waals surface area contributed by atoms with Crippen LogP contribution in [-0.4, -0.2) is 24.3 Å². The fourth-order valence-corrected chi connectivity index (χ4v) is 0.790. The van der Waals surface area contributed by atoms with Gasteiger partial charge in [-0.25, -0.2) is 9.97 Å². The molecular weight excluding hydrogens is 196 g/mol. The normalized spacial score (nSPS) is 9.23. The lowest BCUT2D eigenvalue weighted by atomic mass is 10.3. The quantitative estimate of drug-likeness (QED) is 0.675. The molecule has 0 atom stereocenters. The second kappa shape index (κ2) is 3.72. The largest absolute Gasteiger partial charge is 0.366 e. The van der Waals surface area contributed by atoms with Crippen molar-refractivity contribution in [3.63, 3.8) is 0 Å². The van der Waals surface area contributed by atoms with E-state index in [2.05, 4.69) is 14.3 Å².